The second kappa shape index (κ2) is 7.89. The van der Waals surface area contributed by atoms with Crippen LogP contribution < -0.4 is 20.9 Å². The van der Waals surface area contributed by atoms with Crippen LogP contribution in [0, 0.1) is 0 Å². The second-order valence-electron chi connectivity index (χ2n) is 7.73. The minimum atomic E-state index is -4.62. The molecule has 1 aliphatic rings. The Balaban J connectivity index is 1.47. The van der Waals surface area contributed by atoms with Crippen molar-refractivity contribution in [2.24, 2.45) is 0 Å². The SMILES string of the molecule is O=c1[nH]cc(-c2cc(N3C[C@@H](Oc4ccc(C(F)(F)F)cn4)C(F)(F)C3)c3nccn3n2)c(=O)[nH]1. The Morgan fingerprint density at radius 2 is 1.97 bits per heavy atom. The lowest BCUT2D eigenvalue weighted by molar-refractivity contribution is -0.137. The number of aromatic nitrogens is 6. The fourth-order valence-electron chi connectivity index (χ4n) is 3.69. The molecule has 0 spiro atoms. The van der Waals surface area contributed by atoms with E-state index in [4.69, 9.17) is 4.74 Å². The zero-order chi connectivity index (χ0) is 25.0. The molecule has 0 unspecified atom stereocenters. The summed E-state index contributed by atoms with van der Waals surface area (Å²) >= 11 is 0. The second-order valence-corrected chi connectivity index (χ2v) is 7.73. The maximum atomic E-state index is 14.8. The first-order chi connectivity index (χ1) is 16.5. The molecule has 0 aliphatic carbocycles. The van der Waals surface area contributed by atoms with Crippen molar-refractivity contribution >= 4 is 11.3 Å². The van der Waals surface area contributed by atoms with Crippen molar-refractivity contribution in [1.82, 2.24) is 29.5 Å². The van der Waals surface area contributed by atoms with Gasteiger partial charge in [-0.05, 0) is 12.1 Å². The van der Waals surface area contributed by atoms with Crippen LogP contribution in [0.1, 0.15) is 5.56 Å². The molecule has 1 saturated heterocycles. The van der Waals surface area contributed by atoms with Gasteiger partial charge in [0.25, 0.3) is 5.56 Å². The van der Waals surface area contributed by atoms with Gasteiger partial charge in [0, 0.05) is 30.9 Å². The summed E-state index contributed by atoms with van der Waals surface area (Å²) in [5.41, 5.74) is -1.98. The molecule has 15 heteroatoms. The highest BCUT2D eigenvalue weighted by atomic mass is 19.4. The molecule has 1 atom stereocenters. The van der Waals surface area contributed by atoms with Gasteiger partial charge in [0.2, 0.25) is 5.88 Å². The zero-order valence-electron chi connectivity index (χ0n) is 17.4. The van der Waals surface area contributed by atoms with Crippen molar-refractivity contribution in [2.45, 2.75) is 18.2 Å². The monoisotopic (exact) mass is 495 g/mol. The van der Waals surface area contributed by atoms with E-state index in [9.17, 15) is 31.5 Å². The van der Waals surface area contributed by atoms with Crippen molar-refractivity contribution < 1.29 is 26.7 Å². The maximum Gasteiger partial charge on any atom is 0.417 e. The summed E-state index contributed by atoms with van der Waals surface area (Å²) in [4.78, 5) is 36.8. The number of hydrogen-bond acceptors (Lipinski definition) is 7. The summed E-state index contributed by atoms with van der Waals surface area (Å²) in [5, 5.41) is 4.24. The lowest BCUT2D eigenvalue weighted by Crippen LogP contribution is -2.36. The number of rotatable bonds is 4. The Labute approximate surface area is 191 Å². The number of pyridine rings is 1. The van der Waals surface area contributed by atoms with Gasteiger partial charge in [-0.3, -0.25) is 9.78 Å². The average molecular weight is 495 g/mol. The van der Waals surface area contributed by atoms with Gasteiger partial charge in [0.1, 0.15) is 5.69 Å². The van der Waals surface area contributed by atoms with Crippen molar-refractivity contribution in [3.63, 3.8) is 0 Å². The minimum absolute atomic E-state index is 0.00541. The summed E-state index contributed by atoms with van der Waals surface area (Å²) in [6.45, 7) is -1.16. The number of alkyl halides is 5. The molecule has 0 bridgehead atoms. The molecule has 0 radical (unpaired) electrons. The first kappa shape index (κ1) is 22.5. The van der Waals surface area contributed by atoms with E-state index in [1.54, 1.807) is 0 Å². The molecule has 2 N–H and O–H groups in total. The highest BCUT2D eigenvalue weighted by Gasteiger charge is 2.51. The van der Waals surface area contributed by atoms with Crippen LogP contribution in [0.25, 0.3) is 16.9 Å². The highest BCUT2D eigenvalue weighted by Crippen LogP contribution is 2.36. The van der Waals surface area contributed by atoms with Gasteiger partial charge in [0.05, 0.1) is 29.9 Å². The number of nitrogens with one attached hydrogen (secondary N) is 2. The number of halogens is 5. The van der Waals surface area contributed by atoms with Gasteiger partial charge in [-0.25, -0.2) is 28.1 Å². The Hall–Kier alpha value is -4.30. The Bertz CT molecular complexity index is 1510. The van der Waals surface area contributed by atoms with Gasteiger partial charge in [-0.15, -0.1) is 0 Å². The van der Waals surface area contributed by atoms with Crippen molar-refractivity contribution in [3.8, 4) is 17.1 Å². The smallest absolute Gasteiger partial charge is 0.417 e. The fourth-order valence-corrected chi connectivity index (χ4v) is 3.69. The molecule has 5 heterocycles. The van der Waals surface area contributed by atoms with Gasteiger partial charge < -0.3 is 14.6 Å². The van der Waals surface area contributed by atoms with E-state index < -0.39 is 41.6 Å². The molecule has 5 rings (SSSR count). The third kappa shape index (κ3) is 4.20. The normalized spacial score (nSPS) is 17.7. The van der Waals surface area contributed by atoms with E-state index >= 15 is 0 Å². The molecule has 0 amide bonds. The van der Waals surface area contributed by atoms with Crippen LogP contribution in [0.4, 0.5) is 27.6 Å². The molecular formula is C20H14F5N7O3. The van der Waals surface area contributed by atoms with Crippen molar-refractivity contribution in [3.05, 3.63) is 69.4 Å². The largest absolute Gasteiger partial charge is 0.466 e. The summed E-state index contributed by atoms with van der Waals surface area (Å²) in [5.74, 6) is -3.78. The molecule has 4 aromatic rings. The molecule has 10 nitrogen and oxygen atoms in total. The molecule has 182 valence electrons. The Morgan fingerprint density at radius 3 is 2.66 bits per heavy atom. The standard InChI is InChI=1S/C20H14F5N7O3/c21-19(22)9-31(8-14(19)35-15-2-1-10(6-27-15)20(23,24)25)13-5-12(30-32-4-3-26-16(13)32)11-7-28-18(34)29-17(11)33/h1-7,14H,8-9H2,(H2,28,29,33,34)/t14-/m1/s1. The number of aromatic amines is 2. The van der Waals surface area contributed by atoms with E-state index in [1.807, 2.05) is 0 Å². The van der Waals surface area contributed by atoms with Gasteiger partial charge in [0.15, 0.2) is 11.8 Å². The number of imidazole rings is 1. The van der Waals surface area contributed by atoms with Crippen LogP contribution >= 0.6 is 0 Å². The van der Waals surface area contributed by atoms with Crippen LogP contribution in [0.15, 0.2) is 52.6 Å². The zero-order valence-corrected chi connectivity index (χ0v) is 17.4. The lowest BCUT2D eigenvalue weighted by atomic mass is 10.2. The third-order valence-electron chi connectivity index (χ3n) is 5.36. The Morgan fingerprint density at radius 1 is 1.17 bits per heavy atom. The predicted molar refractivity (Wildman–Crippen MR) is 110 cm³/mol. The molecule has 0 saturated carbocycles. The van der Waals surface area contributed by atoms with Crippen LogP contribution in [0.5, 0.6) is 5.88 Å². The van der Waals surface area contributed by atoms with Gasteiger partial charge in [-0.2, -0.15) is 18.3 Å². The van der Waals surface area contributed by atoms with E-state index in [1.165, 1.54) is 27.9 Å². The number of anilines is 1. The molecule has 1 aliphatic heterocycles. The average Bonchev–Trinajstić information content (AvgIpc) is 3.37. The molecule has 0 aromatic carbocycles. The summed E-state index contributed by atoms with van der Waals surface area (Å²) in [7, 11) is 0. The summed E-state index contributed by atoms with van der Waals surface area (Å²) in [6, 6.07) is 2.94. The number of H-pyrrole nitrogens is 2. The maximum absolute atomic E-state index is 14.8. The highest BCUT2D eigenvalue weighted by molar-refractivity contribution is 5.74. The van der Waals surface area contributed by atoms with E-state index in [0.717, 1.165) is 12.3 Å². The van der Waals surface area contributed by atoms with Crippen LogP contribution in [0.2, 0.25) is 0 Å². The van der Waals surface area contributed by atoms with E-state index in [0.29, 0.717) is 12.3 Å². The Kier molecular flexibility index (Phi) is 5.07. The molecule has 1 fully saturated rings. The predicted octanol–water partition coefficient (Wildman–Crippen LogP) is 2.09. The number of ether oxygens (including phenoxy) is 1. The lowest BCUT2D eigenvalue weighted by Gasteiger charge is -2.19. The van der Waals surface area contributed by atoms with Crippen LogP contribution in [-0.2, 0) is 6.18 Å². The topological polar surface area (TPSA) is 121 Å². The molecular weight excluding hydrogens is 481 g/mol. The number of nitrogens with zero attached hydrogens (tertiary/aromatic N) is 5. The first-order valence-electron chi connectivity index (χ1n) is 10.0. The molecule has 35 heavy (non-hydrogen) atoms. The van der Waals surface area contributed by atoms with Crippen LogP contribution in [-0.4, -0.2) is 54.7 Å². The van der Waals surface area contributed by atoms with Gasteiger partial charge in [-0.1, -0.05) is 0 Å². The number of hydrogen-bond donors (Lipinski definition) is 2. The van der Waals surface area contributed by atoms with Crippen molar-refractivity contribution in [2.75, 3.05) is 18.0 Å². The third-order valence-corrected chi connectivity index (χ3v) is 5.36. The van der Waals surface area contributed by atoms with Crippen molar-refractivity contribution in [1.29, 1.82) is 0 Å². The van der Waals surface area contributed by atoms with E-state index in [-0.39, 0.29) is 35.0 Å². The molecule has 4 aromatic heterocycles. The first-order valence-corrected chi connectivity index (χ1v) is 10.0. The summed E-state index contributed by atoms with van der Waals surface area (Å²) < 4.78 is 74.4. The quantitative estimate of drug-likeness (QED) is 0.416. The fraction of sp³-hybridized carbons (Fsp3) is 0.250. The number of fused-ring (bicyclic) bond motifs is 1. The van der Waals surface area contributed by atoms with Crippen LogP contribution in [0.3, 0.4) is 0 Å². The van der Waals surface area contributed by atoms with E-state index in [2.05, 4.69) is 25.0 Å². The summed E-state index contributed by atoms with van der Waals surface area (Å²) in [6.07, 6.45) is -1.85. The van der Waals surface area contributed by atoms with Gasteiger partial charge >= 0.3 is 17.8 Å². The minimum Gasteiger partial charge on any atom is -0.466 e.